The van der Waals surface area contributed by atoms with E-state index >= 15 is 0 Å². The van der Waals surface area contributed by atoms with E-state index in [2.05, 4.69) is 10.3 Å². The molecule has 1 N–H and O–H groups in total. The van der Waals surface area contributed by atoms with E-state index in [1.165, 1.54) is 6.26 Å². The van der Waals surface area contributed by atoms with Crippen LogP contribution in [-0.2, 0) is 9.84 Å². The van der Waals surface area contributed by atoms with Crippen LogP contribution < -0.4 is 5.32 Å². The lowest BCUT2D eigenvalue weighted by molar-refractivity contribution is 0.548. The van der Waals surface area contributed by atoms with Crippen molar-refractivity contribution in [2.75, 3.05) is 19.1 Å². The second-order valence-electron chi connectivity index (χ2n) is 3.66. The molecule has 0 fully saturated rings. The van der Waals surface area contributed by atoms with Gasteiger partial charge >= 0.3 is 0 Å². The van der Waals surface area contributed by atoms with E-state index in [0.29, 0.717) is 11.4 Å². The number of halogens is 1. The molecule has 16 heavy (non-hydrogen) atoms. The molecule has 0 saturated carbocycles. The fourth-order valence-corrected chi connectivity index (χ4v) is 2.14. The average Bonchev–Trinajstić information content (AvgIpc) is 2.20. The molecule has 0 bridgehead atoms. The second kappa shape index (κ2) is 5.61. The summed E-state index contributed by atoms with van der Waals surface area (Å²) in [6, 6.07) is 3.48. The van der Waals surface area contributed by atoms with E-state index in [0.717, 1.165) is 5.69 Å². The highest BCUT2D eigenvalue weighted by Gasteiger charge is 2.13. The van der Waals surface area contributed by atoms with Gasteiger partial charge in [-0.25, -0.2) is 8.42 Å². The molecule has 1 unspecified atom stereocenters. The minimum absolute atomic E-state index is 0.0630. The molecule has 0 aliphatic heterocycles. The van der Waals surface area contributed by atoms with Crippen LogP contribution in [0.3, 0.4) is 0 Å². The first-order valence-corrected chi connectivity index (χ1v) is 7.32. The summed E-state index contributed by atoms with van der Waals surface area (Å²) in [6.45, 7) is 0. The average molecular weight is 263 g/mol. The molecule has 0 aliphatic carbocycles. The number of nitrogens with zero attached hydrogens (tertiary/aromatic N) is 1. The molecule has 6 heteroatoms. The summed E-state index contributed by atoms with van der Waals surface area (Å²) in [4.78, 5) is 4.16. The summed E-state index contributed by atoms with van der Waals surface area (Å²) >= 11 is 5.73. The fraction of sp³-hybridized carbons (Fsp3) is 0.500. The maximum absolute atomic E-state index is 11.1. The molecule has 0 aromatic carbocycles. The molecule has 1 aromatic heterocycles. The molecule has 1 rings (SSSR count). The molecular weight excluding hydrogens is 248 g/mol. The predicted molar refractivity (Wildman–Crippen MR) is 65.4 cm³/mol. The van der Waals surface area contributed by atoms with Crippen molar-refractivity contribution in [2.45, 2.75) is 12.5 Å². The van der Waals surface area contributed by atoms with E-state index in [4.69, 9.17) is 11.6 Å². The van der Waals surface area contributed by atoms with Gasteiger partial charge in [0.2, 0.25) is 0 Å². The Hall–Kier alpha value is -0.650. The Kier molecular flexibility index (Phi) is 4.70. The number of hydrogen-bond donors (Lipinski definition) is 1. The highest BCUT2D eigenvalue weighted by atomic mass is 35.5. The van der Waals surface area contributed by atoms with Gasteiger partial charge in [0.1, 0.15) is 9.84 Å². The molecule has 4 nitrogen and oxygen atoms in total. The molecule has 0 saturated heterocycles. The Balaban J connectivity index is 2.71. The number of pyridine rings is 1. The number of hydrogen-bond acceptors (Lipinski definition) is 4. The van der Waals surface area contributed by atoms with Crippen LogP contribution in [0.15, 0.2) is 18.3 Å². The summed E-state index contributed by atoms with van der Waals surface area (Å²) in [5.41, 5.74) is 0.801. The van der Waals surface area contributed by atoms with Crippen LogP contribution in [0.4, 0.5) is 0 Å². The van der Waals surface area contributed by atoms with Gasteiger partial charge in [-0.05, 0) is 25.6 Å². The highest BCUT2D eigenvalue weighted by Crippen LogP contribution is 2.16. The first-order valence-electron chi connectivity index (χ1n) is 4.89. The van der Waals surface area contributed by atoms with Gasteiger partial charge < -0.3 is 5.32 Å². The lowest BCUT2D eigenvalue weighted by Crippen LogP contribution is -2.20. The monoisotopic (exact) mass is 262 g/mol. The summed E-state index contributed by atoms with van der Waals surface area (Å²) in [5, 5.41) is 3.61. The SMILES string of the molecule is CNC(CCS(C)(=O)=O)c1ccc(Cl)cn1. The molecule has 1 heterocycles. The minimum Gasteiger partial charge on any atom is -0.312 e. The van der Waals surface area contributed by atoms with Gasteiger partial charge in [0.25, 0.3) is 0 Å². The van der Waals surface area contributed by atoms with Gasteiger partial charge in [-0.2, -0.15) is 0 Å². The van der Waals surface area contributed by atoms with Gasteiger partial charge in [-0.1, -0.05) is 11.6 Å². The second-order valence-corrected chi connectivity index (χ2v) is 6.36. The Morgan fingerprint density at radius 1 is 1.50 bits per heavy atom. The molecule has 1 atom stereocenters. The van der Waals surface area contributed by atoms with E-state index in [-0.39, 0.29) is 11.8 Å². The van der Waals surface area contributed by atoms with Crippen molar-refractivity contribution < 1.29 is 8.42 Å². The fourth-order valence-electron chi connectivity index (χ4n) is 1.37. The van der Waals surface area contributed by atoms with Crippen molar-refractivity contribution in [1.29, 1.82) is 0 Å². The van der Waals surface area contributed by atoms with Crippen molar-refractivity contribution in [3.63, 3.8) is 0 Å². The third kappa shape index (κ3) is 4.47. The van der Waals surface area contributed by atoms with Gasteiger partial charge in [-0.15, -0.1) is 0 Å². The van der Waals surface area contributed by atoms with Gasteiger partial charge in [0, 0.05) is 12.5 Å². The Morgan fingerprint density at radius 2 is 2.19 bits per heavy atom. The van der Waals surface area contributed by atoms with Crippen molar-refractivity contribution in [3.05, 3.63) is 29.0 Å². The molecule has 90 valence electrons. The normalized spacial score (nSPS) is 13.7. The van der Waals surface area contributed by atoms with E-state index in [1.807, 2.05) is 0 Å². The molecular formula is C10H15ClN2O2S. The van der Waals surface area contributed by atoms with Crippen molar-refractivity contribution in [1.82, 2.24) is 10.3 Å². The van der Waals surface area contributed by atoms with Crippen molar-refractivity contribution >= 4 is 21.4 Å². The highest BCUT2D eigenvalue weighted by molar-refractivity contribution is 7.90. The first kappa shape index (κ1) is 13.4. The molecule has 0 spiro atoms. The lowest BCUT2D eigenvalue weighted by Gasteiger charge is -2.14. The van der Waals surface area contributed by atoms with Crippen LogP contribution in [0.1, 0.15) is 18.2 Å². The largest absolute Gasteiger partial charge is 0.312 e. The van der Waals surface area contributed by atoms with E-state index < -0.39 is 9.84 Å². The smallest absolute Gasteiger partial charge is 0.147 e. The summed E-state index contributed by atoms with van der Waals surface area (Å²) in [5.74, 6) is 0.142. The predicted octanol–water partition coefficient (Wildman–Crippen LogP) is 1.43. The van der Waals surface area contributed by atoms with Crippen molar-refractivity contribution in [2.24, 2.45) is 0 Å². The van der Waals surface area contributed by atoms with E-state index in [1.54, 1.807) is 25.4 Å². The van der Waals surface area contributed by atoms with Crippen LogP contribution in [0.5, 0.6) is 0 Å². The van der Waals surface area contributed by atoms with Gasteiger partial charge in [0.15, 0.2) is 0 Å². The maximum atomic E-state index is 11.1. The molecule has 1 aromatic rings. The molecule has 0 aliphatic rings. The van der Waals surface area contributed by atoms with Crippen LogP contribution in [0.25, 0.3) is 0 Å². The standard InChI is InChI=1S/C10H15ClN2O2S/c1-12-9(5-6-16(2,14)15)10-4-3-8(11)7-13-10/h3-4,7,9,12H,5-6H2,1-2H3. The summed E-state index contributed by atoms with van der Waals surface area (Å²) in [6.07, 6.45) is 3.29. The lowest BCUT2D eigenvalue weighted by atomic mass is 10.1. The Labute approximate surface area is 101 Å². The zero-order valence-corrected chi connectivity index (χ0v) is 10.8. The zero-order chi connectivity index (χ0) is 12.2. The van der Waals surface area contributed by atoms with Crippen molar-refractivity contribution in [3.8, 4) is 0 Å². The number of aromatic nitrogens is 1. The third-order valence-corrected chi connectivity index (χ3v) is 3.43. The number of nitrogens with one attached hydrogen (secondary N) is 1. The van der Waals surface area contributed by atoms with Gasteiger partial charge in [-0.3, -0.25) is 4.98 Å². The van der Waals surface area contributed by atoms with E-state index in [9.17, 15) is 8.42 Å². The zero-order valence-electron chi connectivity index (χ0n) is 9.27. The van der Waals surface area contributed by atoms with Crippen LogP contribution >= 0.6 is 11.6 Å². The number of rotatable bonds is 5. The number of sulfone groups is 1. The van der Waals surface area contributed by atoms with Gasteiger partial charge in [0.05, 0.1) is 22.5 Å². The Bertz CT molecular complexity index is 431. The van der Waals surface area contributed by atoms with Crippen LogP contribution in [0.2, 0.25) is 5.02 Å². The van der Waals surface area contributed by atoms with Crippen LogP contribution in [0, 0.1) is 0 Å². The molecule has 0 radical (unpaired) electrons. The maximum Gasteiger partial charge on any atom is 0.147 e. The summed E-state index contributed by atoms with van der Waals surface area (Å²) < 4.78 is 22.1. The quantitative estimate of drug-likeness (QED) is 0.872. The topological polar surface area (TPSA) is 59.1 Å². The Morgan fingerprint density at radius 3 is 2.62 bits per heavy atom. The third-order valence-electron chi connectivity index (χ3n) is 2.23. The minimum atomic E-state index is -2.94. The first-order chi connectivity index (χ1) is 7.42. The van der Waals surface area contributed by atoms with Crippen LogP contribution in [-0.4, -0.2) is 32.5 Å². The molecule has 0 amide bonds. The summed E-state index contributed by atoms with van der Waals surface area (Å²) in [7, 11) is -1.16.